The Bertz CT molecular complexity index is 1470. The number of carbonyl (C=O) groups is 1. The highest BCUT2D eigenvalue weighted by molar-refractivity contribution is 5.83. The molecule has 2 aliphatic heterocycles. The number of nitrogens with zero attached hydrogens (tertiary/aromatic N) is 1. The van der Waals surface area contributed by atoms with E-state index >= 15 is 0 Å². The van der Waals surface area contributed by atoms with E-state index in [9.17, 15) is 25.2 Å². The Labute approximate surface area is 271 Å². The van der Waals surface area contributed by atoms with Gasteiger partial charge in [-0.3, -0.25) is 9.63 Å². The van der Waals surface area contributed by atoms with Gasteiger partial charge >= 0.3 is 0 Å². The van der Waals surface area contributed by atoms with Crippen LogP contribution in [0.4, 0.5) is 0 Å². The minimum absolute atomic E-state index is 0.0386. The van der Waals surface area contributed by atoms with Crippen molar-refractivity contribution in [3.05, 3.63) is 47.0 Å². The quantitative estimate of drug-likeness (QED) is 0.260. The largest absolute Gasteiger partial charge is 0.496 e. The molecule has 0 radical (unpaired) electrons. The fourth-order valence-corrected chi connectivity index (χ4v) is 8.92. The standard InChI is InChI=1S/C36H50N2O8/c1-18-26-13-23(36(26,5)6)14-27(18)37-33(41)30-29(19(2)40)28(17-39)46-38(30)16-20-9-8-10-24(31(20)44-7)21-11-22-15-35(3,4)45-32(22)25(12-21)34(42)43/h8-12,18-19,23,26-30,34,39-40,42-43H,13-17H2,1-7H3,(H,37,41)/t18-,19-,23+,26-,27-,28-,29+,30-/m0/s1. The molecule has 1 amide bonds. The first-order chi connectivity index (χ1) is 21.7. The summed E-state index contributed by atoms with van der Waals surface area (Å²) < 4.78 is 12.0. The lowest BCUT2D eigenvalue weighted by molar-refractivity contribution is -0.183. The molecule has 0 aromatic heterocycles. The van der Waals surface area contributed by atoms with E-state index in [0.29, 0.717) is 35.7 Å². The van der Waals surface area contributed by atoms with E-state index in [4.69, 9.17) is 14.3 Å². The third-order valence-electron chi connectivity index (χ3n) is 11.5. The molecule has 10 heteroatoms. The van der Waals surface area contributed by atoms with Crippen LogP contribution in [0.2, 0.25) is 0 Å². The molecule has 8 atom stereocenters. The first-order valence-corrected chi connectivity index (χ1v) is 16.6. The fraction of sp³-hybridized carbons (Fsp3) is 0.639. The highest BCUT2D eigenvalue weighted by Gasteiger charge is 2.57. The summed E-state index contributed by atoms with van der Waals surface area (Å²) in [6, 6.07) is 8.58. The molecule has 46 heavy (non-hydrogen) atoms. The first kappa shape index (κ1) is 33.2. The summed E-state index contributed by atoms with van der Waals surface area (Å²) in [5, 5.41) is 46.4. The van der Waals surface area contributed by atoms with Gasteiger partial charge < -0.3 is 35.2 Å². The predicted molar refractivity (Wildman–Crippen MR) is 172 cm³/mol. The van der Waals surface area contributed by atoms with Crippen molar-refractivity contribution in [2.24, 2.45) is 29.1 Å². The van der Waals surface area contributed by atoms with Gasteiger partial charge in [0.05, 0.1) is 31.9 Å². The average Bonchev–Trinajstić information content (AvgIpc) is 3.52. The number of aliphatic hydroxyl groups is 4. The van der Waals surface area contributed by atoms with Crippen LogP contribution in [-0.2, 0) is 22.6 Å². The Balaban J connectivity index is 1.31. The molecule has 0 unspecified atom stereocenters. The van der Waals surface area contributed by atoms with Gasteiger partial charge in [0.1, 0.15) is 29.2 Å². The summed E-state index contributed by atoms with van der Waals surface area (Å²) in [6.07, 6.45) is -0.635. The number of para-hydroxylation sites is 1. The number of hydrogen-bond donors (Lipinski definition) is 5. The zero-order chi connectivity index (χ0) is 33.3. The second-order valence-corrected chi connectivity index (χ2v) is 15.2. The number of nitrogens with one attached hydrogen (secondary N) is 1. The van der Waals surface area contributed by atoms with E-state index < -0.39 is 36.1 Å². The molecule has 5 N–H and O–H groups in total. The second-order valence-electron chi connectivity index (χ2n) is 15.2. The van der Waals surface area contributed by atoms with Crippen LogP contribution in [0.3, 0.4) is 0 Å². The molecule has 5 aliphatic rings. The fourth-order valence-electron chi connectivity index (χ4n) is 8.92. The van der Waals surface area contributed by atoms with Crippen molar-refractivity contribution in [1.29, 1.82) is 0 Å². The van der Waals surface area contributed by atoms with Crippen LogP contribution in [-0.4, -0.2) is 75.0 Å². The van der Waals surface area contributed by atoms with E-state index in [2.05, 4.69) is 26.1 Å². The Morgan fingerprint density at radius 2 is 1.89 bits per heavy atom. The minimum Gasteiger partial charge on any atom is -0.496 e. The second kappa shape index (κ2) is 12.1. The molecule has 10 nitrogen and oxygen atoms in total. The van der Waals surface area contributed by atoms with Crippen LogP contribution in [0.1, 0.15) is 77.4 Å². The third kappa shape index (κ3) is 5.61. The minimum atomic E-state index is -1.72. The zero-order valence-corrected chi connectivity index (χ0v) is 28.0. The molecular formula is C36H50N2O8. The van der Waals surface area contributed by atoms with Gasteiger partial charge in [0.15, 0.2) is 6.29 Å². The number of hydroxylamine groups is 2. The van der Waals surface area contributed by atoms with Crippen LogP contribution in [0, 0.1) is 29.1 Å². The lowest BCUT2D eigenvalue weighted by Gasteiger charge is -2.62. The Morgan fingerprint density at radius 1 is 1.15 bits per heavy atom. The van der Waals surface area contributed by atoms with Crippen molar-refractivity contribution in [3.8, 4) is 22.6 Å². The van der Waals surface area contributed by atoms with Crippen molar-refractivity contribution < 1.29 is 39.5 Å². The zero-order valence-electron chi connectivity index (χ0n) is 28.0. The third-order valence-corrected chi connectivity index (χ3v) is 11.5. The number of benzene rings is 2. The molecular weight excluding hydrogens is 588 g/mol. The van der Waals surface area contributed by atoms with E-state index in [1.54, 1.807) is 25.2 Å². The van der Waals surface area contributed by atoms with Crippen molar-refractivity contribution in [3.63, 3.8) is 0 Å². The summed E-state index contributed by atoms with van der Waals surface area (Å²) in [6.45, 7) is 12.2. The molecule has 4 fully saturated rings. The average molecular weight is 639 g/mol. The maximum Gasteiger partial charge on any atom is 0.240 e. The first-order valence-electron chi connectivity index (χ1n) is 16.6. The van der Waals surface area contributed by atoms with Gasteiger partial charge in [0, 0.05) is 29.5 Å². The van der Waals surface area contributed by atoms with Gasteiger partial charge in [-0.05, 0) is 80.0 Å². The molecule has 2 heterocycles. The number of hydrogen-bond acceptors (Lipinski definition) is 9. The molecule has 1 saturated heterocycles. The van der Waals surface area contributed by atoms with Crippen molar-refractivity contribution >= 4 is 5.91 Å². The van der Waals surface area contributed by atoms with E-state index in [1.807, 2.05) is 38.1 Å². The summed E-state index contributed by atoms with van der Waals surface area (Å²) in [5.74, 6) is 1.65. The molecule has 3 saturated carbocycles. The van der Waals surface area contributed by atoms with Gasteiger partial charge in [0.2, 0.25) is 5.91 Å². The van der Waals surface area contributed by atoms with E-state index in [-0.39, 0.29) is 36.1 Å². The number of aliphatic hydroxyl groups excluding tert-OH is 3. The topological polar surface area (TPSA) is 141 Å². The monoisotopic (exact) mass is 638 g/mol. The maximum atomic E-state index is 14.1. The summed E-state index contributed by atoms with van der Waals surface area (Å²) in [4.78, 5) is 20.3. The maximum absolute atomic E-state index is 14.1. The smallest absolute Gasteiger partial charge is 0.240 e. The number of fused-ring (bicyclic) bond motifs is 3. The number of rotatable bonds is 9. The summed E-state index contributed by atoms with van der Waals surface area (Å²) >= 11 is 0. The Kier molecular flexibility index (Phi) is 8.70. The van der Waals surface area contributed by atoms with Crippen molar-refractivity contribution in [2.75, 3.05) is 13.7 Å². The number of methoxy groups -OCH3 is 1. The van der Waals surface area contributed by atoms with E-state index in [1.165, 1.54) is 6.42 Å². The van der Waals surface area contributed by atoms with Crippen molar-refractivity contribution in [1.82, 2.24) is 10.4 Å². The van der Waals surface area contributed by atoms with Crippen LogP contribution in [0.5, 0.6) is 11.5 Å². The number of ether oxygens (including phenoxy) is 2. The van der Waals surface area contributed by atoms with Gasteiger partial charge in [-0.1, -0.05) is 39.0 Å². The SMILES string of the molecule is COc1c(CN2O[C@@H](CO)[C@@H]([C@H](C)O)[C@H]2C(=O)N[C@H]2C[C@H]3C[C@@H]([C@@H]2C)C3(C)C)cccc1-c1cc2c(c(C(O)O)c1)OC(C)(C)C2. The molecule has 2 aromatic carbocycles. The van der Waals surface area contributed by atoms with Crippen LogP contribution in [0.25, 0.3) is 11.1 Å². The molecule has 3 aliphatic carbocycles. The summed E-state index contributed by atoms with van der Waals surface area (Å²) in [7, 11) is 1.57. The molecule has 0 spiro atoms. The number of amides is 1. The summed E-state index contributed by atoms with van der Waals surface area (Å²) in [5.41, 5.74) is 3.18. The Hall–Kier alpha value is -2.73. The molecule has 7 rings (SSSR count). The van der Waals surface area contributed by atoms with Gasteiger partial charge in [-0.15, -0.1) is 0 Å². The van der Waals surface area contributed by atoms with Crippen molar-refractivity contribution in [2.45, 2.75) is 104 Å². The van der Waals surface area contributed by atoms with Gasteiger partial charge in [0.25, 0.3) is 0 Å². The highest BCUT2D eigenvalue weighted by atomic mass is 16.7. The highest BCUT2D eigenvalue weighted by Crippen LogP contribution is 2.61. The van der Waals surface area contributed by atoms with E-state index in [0.717, 1.165) is 28.7 Å². The number of carbonyl (C=O) groups excluding carboxylic acids is 1. The normalized spacial score (nSPS) is 31.6. The predicted octanol–water partition coefficient (Wildman–Crippen LogP) is 3.72. The molecule has 2 bridgehead atoms. The van der Waals surface area contributed by atoms with Crippen LogP contribution < -0.4 is 14.8 Å². The van der Waals surface area contributed by atoms with Crippen LogP contribution >= 0.6 is 0 Å². The van der Waals surface area contributed by atoms with Gasteiger partial charge in [-0.2, -0.15) is 5.06 Å². The van der Waals surface area contributed by atoms with Gasteiger partial charge in [-0.25, -0.2) is 0 Å². The lowest BCUT2D eigenvalue weighted by atomic mass is 9.45. The Morgan fingerprint density at radius 3 is 2.50 bits per heavy atom. The molecule has 252 valence electrons. The van der Waals surface area contributed by atoms with Crippen LogP contribution in [0.15, 0.2) is 30.3 Å². The lowest BCUT2D eigenvalue weighted by Crippen LogP contribution is -2.62. The molecule has 2 aromatic rings.